The summed E-state index contributed by atoms with van der Waals surface area (Å²) in [6.45, 7) is 4.23. The largest absolute Gasteiger partial charge is 0.489 e. The lowest BCUT2D eigenvalue weighted by molar-refractivity contribution is 0.151. The summed E-state index contributed by atoms with van der Waals surface area (Å²) in [4.78, 5) is 11.6. The van der Waals surface area contributed by atoms with Crippen molar-refractivity contribution in [2.24, 2.45) is 0 Å². The Bertz CT molecular complexity index is 750. The molecule has 0 atom stereocenters. The van der Waals surface area contributed by atoms with Crippen molar-refractivity contribution in [3.8, 4) is 5.75 Å². The quantitative estimate of drug-likeness (QED) is 0.685. The van der Waals surface area contributed by atoms with E-state index in [0.717, 1.165) is 29.5 Å². The number of anilines is 1. The van der Waals surface area contributed by atoms with Gasteiger partial charge in [0.15, 0.2) is 0 Å². The summed E-state index contributed by atoms with van der Waals surface area (Å²) in [5, 5.41) is 2.33. The lowest BCUT2D eigenvalue weighted by atomic mass is 10.1. The molecule has 3 nitrogen and oxygen atoms in total. The van der Waals surface area contributed by atoms with Crippen LogP contribution >= 0.6 is 11.8 Å². The third-order valence-electron chi connectivity index (χ3n) is 3.84. The molecule has 0 aliphatic heterocycles. The molecular weight excluding hydrogens is 344 g/mol. The standard InChI is InChI=1S/C19H21F2NO2S/c1-4-13-5-8-17(12(2)9-13)24-11-15-7-6-14(18(20)21)10-16(15)22-19(23)25-3/h5-10,18H,4,11H2,1-3H3,(H,22,23). The highest BCUT2D eigenvalue weighted by Crippen LogP contribution is 2.28. The van der Waals surface area contributed by atoms with Crippen LogP contribution in [-0.4, -0.2) is 11.5 Å². The smallest absolute Gasteiger partial charge is 0.283 e. The molecule has 2 aromatic carbocycles. The van der Waals surface area contributed by atoms with Gasteiger partial charge in [-0.05, 0) is 42.9 Å². The fourth-order valence-electron chi connectivity index (χ4n) is 2.38. The van der Waals surface area contributed by atoms with Crippen LogP contribution in [0.4, 0.5) is 19.3 Å². The monoisotopic (exact) mass is 365 g/mol. The zero-order valence-electron chi connectivity index (χ0n) is 14.4. The van der Waals surface area contributed by atoms with Crippen LogP contribution in [-0.2, 0) is 13.0 Å². The predicted octanol–water partition coefficient (Wildman–Crippen LogP) is 5.97. The first-order chi connectivity index (χ1) is 11.9. The number of aryl methyl sites for hydroxylation is 2. The molecule has 1 N–H and O–H groups in total. The summed E-state index contributed by atoms with van der Waals surface area (Å²) in [5.74, 6) is 0.734. The minimum atomic E-state index is -2.59. The number of hydrogen-bond donors (Lipinski definition) is 1. The van der Waals surface area contributed by atoms with E-state index in [4.69, 9.17) is 4.74 Å². The lowest BCUT2D eigenvalue weighted by Gasteiger charge is -2.15. The average Bonchev–Trinajstić information content (AvgIpc) is 2.61. The molecule has 0 aromatic heterocycles. The molecule has 0 saturated heterocycles. The molecule has 1 amide bonds. The summed E-state index contributed by atoms with van der Waals surface area (Å²) < 4.78 is 31.7. The van der Waals surface area contributed by atoms with E-state index in [1.165, 1.54) is 17.7 Å². The number of carbonyl (C=O) groups is 1. The number of alkyl halides is 2. The maximum Gasteiger partial charge on any atom is 0.283 e. The molecule has 0 heterocycles. The van der Waals surface area contributed by atoms with E-state index >= 15 is 0 Å². The van der Waals surface area contributed by atoms with Crippen molar-refractivity contribution >= 4 is 22.7 Å². The first-order valence-corrected chi connectivity index (χ1v) is 9.15. The highest BCUT2D eigenvalue weighted by Gasteiger charge is 2.13. The molecule has 0 radical (unpaired) electrons. The van der Waals surface area contributed by atoms with Crippen molar-refractivity contribution in [1.82, 2.24) is 0 Å². The predicted molar refractivity (Wildman–Crippen MR) is 98.8 cm³/mol. The summed E-state index contributed by atoms with van der Waals surface area (Å²) in [5.41, 5.74) is 3.09. The van der Waals surface area contributed by atoms with Crippen LogP contribution < -0.4 is 10.1 Å². The Hall–Kier alpha value is -2.08. The molecule has 134 valence electrons. The van der Waals surface area contributed by atoms with Gasteiger partial charge in [0.25, 0.3) is 11.7 Å². The SMILES string of the molecule is CCc1ccc(OCc2ccc(C(F)F)cc2NC(=O)SC)c(C)c1. The minimum Gasteiger partial charge on any atom is -0.489 e. The number of carbonyl (C=O) groups excluding carboxylic acids is 1. The van der Waals surface area contributed by atoms with Crippen molar-refractivity contribution in [2.75, 3.05) is 11.6 Å². The summed E-state index contributed by atoms with van der Waals surface area (Å²) >= 11 is 0.985. The molecule has 0 unspecified atom stereocenters. The van der Waals surface area contributed by atoms with Gasteiger partial charge in [-0.25, -0.2) is 8.78 Å². The number of amides is 1. The van der Waals surface area contributed by atoms with E-state index in [1.807, 2.05) is 19.1 Å². The number of nitrogens with one attached hydrogen (secondary N) is 1. The van der Waals surface area contributed by atoms with E-state index in [1.54, 1.807) is 12.3 Å². The molecule has 2 aromatic rings. The van der Waals surface area contributed by atoms with Crippen LogP contribution in [0.5, 0.6) is 5.75 Å². The van der Waals surface area contributed by atoms with Crippen molar-refractivity contribution in [2.45, 2.75) is 33.3 Å². The highest BCUT2D eigenvalue weighted by molar-refractivity contribution is 8.13. The van der Waals surface area contributed by atoms with E-state index in [9.17, 15) is 13.6 Å². The summed E-state index contributed by atoms with van der Waals surface area (Å²) in [7, 11) is 0. The van der Waals surface area contributed by atoms with Gasteiger partial charge in [-0.1, -0.05) is 43.0 Å². The molecule has 6 heteroatoms. The van der Waals surface area contributed by atoms with Gasteiger partial charge in [0.1, 0.15) is 12.4 Å². The first-order valence-electron chi connectivity index (χ1n) is 7.92. The van der Waals surface area contributed by atoms with Gasteiger partial charge in [-0.15, -0.1) is 0 Å². The number of hydrogen-bond acceptors (Lipinski definition) is 3. The van der Waals surface area contributed by atoms with E-state index < -0.39 is 6.43 Å². The van der Waals surface area contributed by atoms with Crippen molar-refractivity contribution in [3.05, 3.63) is 58.7 Å². The zero-order valence-corrected chi connectivity index (χ0v) is 15.3. The molecule has 0 aliphatic rings. The Labute approximate surface area is 150 Å². The molecule has 25 heavy (non-hydrogen) atoms. The Morgan fingerprint density at radius 1 is 1.24 bits per heavy atom. The third-order valence-corrected chi connectivity index (χ3v) is 4.31. The summed E-state index contributed by atoms with van der Waals surface area (Å²) in [6, 6.07) is 10.2. The summed E-state index contributed by atoms with van der Waals surface area (Å²) in [6.07, 6.45) is -0.0221. The molecule has 0 saturated carbocycles. The van der Waals surface area contributed by atoms with E-state index in [-0.39, 0.29) is 17.4 Å². The number of rotatable bonds is 6. The molecule has 0 aliphatic carbocycles. The second kappa shape index (κ2) is 8.85. The zero-order chi connectivity index (χ0) is 18.4. The fourth-order valence-corrected chi connectivity index (χ4v) is 2.59. The topological polar surface area (TPSA) is 38.3 Å². The Balaban J connectivity index is 2.21. The van der Waals surface area contributed by atoms with Gasteiger partial charge in [-0.3, -0.25) is 4.79 Å². The Kier molecular flexibility index (Phi) is 6.82. The molecule has 0 bridgehead atoms. The number of ether oxygens (including phenoxy) is 1. The van der Waals surface area contributed by atoms with Crippen LogP contribution in [0.25, 0.3) is 0 Å². The minimum absolute atomic E-state index is 0.136. The van der Waals surface area contributed by atoms with Crippen LogP contribution in [0.15, 0.2) is 36.4 Å². The van der Waals surface area contributed by atoms with Gasteiger partial charge in [0.05, 0.1) is 0 Å². The van der Waals surface area contributed by atoms with E-state index in [2.05, 4.69) is 18.3 Å². The molecule has 0 spiro atoms. The van der Waals surface area contributed by atoms with Gasteiger partial charge in [0, 0.05) is 16.8 Å². The van der Waals surface area contributed by atoms with Gasteiger partial charge in [-0.2, -0.15) is 0 Å². The third kappa shape index (κ3) is 5.19. The number of halogens is 2. The molecule has 2 rings (SSSR count). The van der Waals surface area contributed by atoms with Crippen molar-refractivity contribution < 1.29 is 18.3 Å². The maximum absolute atomic E-state index is 12.9. The fraction of sp³-hybridized carbons (Fsp3) is 0.316. The van der Waals surface area contributed by atoms with Crippen LogP contribution in [0.3, 0.4) is 0 Å². The second-order valence-corrected chi connectivity index (χ2v) is 6.35. The Morgan fingerprint density at radius 2 is 2.00 bits per heavy atom. The second-order valence-electron chi connectivity index (χ2n) is 5.58. The van der Waals surface area contributed by atoms with Gasteiger partial charge >= 0.3 is 0 Å². The van der Waals surface area contributed by atoms with Gasteiger partial charge in [0.2, 0.25) is 0 Å². The Morgan fingerprint density at radius 3 is 2.60 bits per heavy atom. The van der Waals surface area contributed by atoms with Crippen molar-refractivity contribution in [1.29, 1.82) is 0 Å². The first kappa shape index (κ1) is 19.2. The van der Waals surface area contributed by atoms with Crippen LogP contribution in [0.1, 0.15) is 35.6 Å². The number of benzene rings is 2. The van der Waals surface area contributed by atoms with Crippen LogP contribution in [0.2, 0.25) is 0 Å². The molecule has 0 fully saturated rings. The number of thioether (sulfide) groups is 1. The van der Waals surface area contributed by atoms with Crippen molar-refractivity contribution in [3.63, 3.8) is 0 Å². The molecular formula is C19H21F2NO2S. The van der Waals surface area contributed by atoms with E-state index in [0.29, 0.717) is 11.3 Å². The maximum atomic E-state index is 12.9. The van der Waals surface area contributed by atoms with Crippen LogP contribution in [0, 0.1) is 6.92 Å². The highest BCUT2D eigenvalue weighted by atomic mass is 32.2. The lowest BCUT2D eigenvalue weighted by Crippen LogP contribution is -2.09. The average molecular weight is 365 g/mol. The normalized spacial score (nSPS) is 10.8. The van der Waals surface area contributed by atoms with Gasteiger partial charge < -0.3 is 10.1 Å².